The van der Waals surface area contributed by atoms with E-state index in [-0.39, 0.29) is 25.7 Å². The zero-order chi connectivity index (χ0) is 18.6. The van der Waals surface area contributed by atoms with Crippen molar-refractivity contribution in [3.8, 4) is 11.5 Å². The summed E-state index contributed by atoms with van der Waals surface area (Å²) in [6.07, 6.45) is -4.38. The van der Waals surface area contributed by atoms with E-state index in [4.69, 9.17) is 9.47 Å². The Balaban J connectivity index is 1.93. The maximum absolute atomic E-state index is 13.1. The van der Waals surface area contributed by atoms with E-state index in [0.717, 1.165) is 0 Å². The number of carbonyl (C=O) groups excluding carboxylic acids is 1. The summed E-state index contributed by atoms with van der Waals surface area (Å²) in [7, 11) is 1.43. The Hall–Kier alpha value is -1.96. The highest BCUT2D eigenvalue weighted by Gasteiger charge is 2.47. The topological polar surface area (TPSA) is 42.0 Å². The molecule has 140 valence electrons. The van der Waals surface area contributed by atoms with Crippen LogP contribution in [0, 0.1) is 0 Å². The highest BCUT2D eigenvalue weighted by molar-refractivity contribution is 5.78. The molecule has 0 N–H and O–H groups in total. The molecule has 1 saturated heterocycles. The van der Waals surface area contributed by atoms with Crippen LogP contribution in [0.15, 0.2) is 24.3 Å². The molecule has 1 aromatic carbocycles. The summed E-state index contributed by atoms with van der Waals surface area (Å²) < 4.78 is 50.1. The number of amides is 1. The Bertz CT molecular complexity index is 577. The van der Waals surface area contributed by atoms with Crippen molar-refractivity contribution in [1.29, 1.82) is 0 Å². The molecule has 1 aliphatic heterocycles. The van der Waals surface area contributed by atoms with Crippen molar-refractivity contribution in [3.63, 3.8) is 0 Å². The van der Waals surface area contributed by atoms with Crippen molar-refractivity contribution in [2.75, 3.05) is 33.4 Å². The molecule has 25 heavy (non-hydrogen) atoms. The van der Waals surface area contributed by atoms with Gasteiger partial charge in [0.25, 0.3) is 5.91 Å². The summed E-state index contributed by atoms with van der Waals surface area (Å²) in [6, 6.07) is 4.69. The van der Waals surface area contributed by atoms with Crippen LogP contribution in [-0.2, 0) is 4.79 Å². The van der Waals surface area contributed by atoms with Crippen LogP contribution in [-0.4, -0.2) is 67.3 Å². The Kier molecular flexibility index (Phi) is 6.16. The number of likely N-dealkylation sites (N-methyl/N-ethyl adjacent to an activating group) is 1. The van der Waals surface area contributed by atoms with Gasteiger partial charge in [-0.2, -0.15) is 13.2 Å². The van der Waals surface area contributed by atoms with Gasteiger partial charge in [0.1, 0.15) is 17.5 Å². The van der Waals surface area contributed by atoms with E-state index in [1.54, 1.807) is 31.2 Å². The fraction of sp³-hybridized carbons (Fsp3) is 0.588. The molecule has 1 fully saturated rings. The van der Waals surface area contributed by atoms with Gasteiger partial charge < -0.3 is 14.4 Å². The highest BCUT2D eigenvalue weighted by Crippen LogP contribution is 2.29. The third-order valence-electron chi connectivity index (χ3n) is 4.29. The Morgan fingerprint density at radius 3 is 2.24 bits per heavy atom. The first kappa shape index (κ1) is 19.4. The number of hydrogen-bond acceptors (Lipinski definition) is 4. The number of nitrogens with zero attached hydrogens (tertiary/aromatic N) is 2. The summed E-state index contributed by atoms with van der Waals surface area (Å²) in [6.45, 7) is 3.65. The van der Waals surface area contributed by atoms with Crippen molar-refractivity contribution < 1.29 is 27.4 Å². The van der Waals surface area contributed by atoms with Crippen molar-refractivity contribution in [2.45, 2.75) is 32.1 Å². The smallest absolute Gasteiger partial charge is 0.405 e. The van der Waals surface area contributed by atoms with Crippen molar-refractivity contribution in [2.24, 2.45) is 0 Å². The molecule has 8 heteroatoms. The van der Waals surface area contributed by atoms with Gasteiger partial charge in [-0.15, -0.1) is 0 Å². The van der Waals surface area contributed by atoms with Gasteiger partial charge in [0.05, 0.1) is 6.61 Å². The standard InChI is InChI=1S/C17H23F3N2O3/c1-4-24-13-5-7-14(8-6-13)25-11-16(23)22-9-12(2)21(3)15(10-22)17(18,19)20/h5-8,12,15H,4,9-11H2,1-3H3. The number of alkyl halides is 3. The molecule has 0 spiro atoms. The quantitative estimate of drug-likeness (QED) is 0.809. The molecule has 0 aliphatic carbocycles. The molecule has 1 heterocycles. The zero-order valence-electron chi connectivity index (χ0n) is 14.5. The van der Waals surface area contributed by atoms with Crippen LogP contribution < -0.4 is 9.47 Å². The lowest BCUT2D eigenvalue weighted by Gasteiger charge is -2.44. The van der Waals surface area contributed by atoms with Gasteiger partial charge in [-0.05, 0) is 45.2 Å². The minimum atomic E-state index is -4.38. The number of hydrogen-bond donors (Lipinski definition) is 0. The van der Waals surface area contributed by atoms with Crippen LogP contribution in [0.4, 0.5) is 13.2 Å². The van der Waals surface area contributed by atoms with Crippen molar-refractivity contribution in [3.05, 3.63) is 24.3 Å². The van der Waals surface area contributed by atoms with Crippen LogP contribution in [0.1, 0.15) is 13.8 Å². The molecular formula is C17H23F3N2O3. The summed E-state index contributed by atoms with van der Waals surface area (Å²) >= 11 is 0. The maximum atomic E-state index is 13.1. The second-order valence-electron chi connectivity index (χ2n) is 6.06. The largest absolute Gasteiger partial charge is 0.494 e. The molecule has 0 saturated carbocycles. The molecule has 2 atom stereocenters. The average molecular weight is 360 g/mol. The molecule has 2 rings (SSSR count). The molecule has 5 nitrogen and oxygen atoms in total. The molecule has 1 amide bonds. The summed E-state index contributed by atoms with van der Waals surface area (Å²) in [5.74, 6) is 0.691. The first-order valence-corrected chi connectivity index (χ1v) is 8.14. The second kappa shape index (κ2) is 7.95. The second-order valence-corrected chi connectivity index (χ2v) is 6.06. The van der Waals surface area contributed by atoms with Crippen molar-refractivity contribution in [1.82, 2.24) is 9.80 Å². The van der Waals surface area contributed by atoms with E-state index in [2.05, 4.69) is 0 Å². The van der Waals surface area contributed by atoms with Gasteiger partial charge in [-0.3, -0.25) is 9.69 Å². The lowest BCUT2D eigenvalue weighted by atomic mass is 10.1. The first-order valence-electron chi connectivity index (χ1n) is 8.14. The van der Waals surface area contributed by atoms with Gasteiger partial charge in [-0.25, -0.2) is 0 Å². The van der Waals surface area contributed by atoms with E-state index in [1.807, 2.05) is 6.92 Å². The number of rotatable bonds is 5. The normalized spacial score (nSPS) is 21.9. The van der Waals surface area contributed by atoms with E-state index in [1.165, 1.54) is 16.8 Å². The van der Waals surface area contributed by atoms with Crippen LogP contribution in [0.25, 0.3) is 0 Å². The fourth-order valence-electron chi connectivity index (χ4n) is 2.74. The monoisotopic (exact) mass is 360 g/mol. The van der Waals surface area contributed by atoms with E-state index >= 15 is 0 Å². The number of halogens is 3. The van der Waals surface area contributed by atoms with Gasteiger partial charge in [0, 0.05) is 19.1 Å². The van der Waals surface area contributed by atoms with E-state index < -0.39 is 18.1 Å². The Morgan fingerprint density at radius 2 is 1.72 bits per heavy atom. The van der Waals surface area contributed by atoms with Gasteiger partial charge >= 0.3 is 6.18 Å². The molecule has 0 aromatic heterocycles. The molecule has 2 unspecified atom stereocenters. The molecule has 0 bridgehead atoms. The summed E-state index contributed by atoms with van der Waals surface area (Å²) in [5, 5.41) is 0. The fourth-order valence-corrected chi connectivity index (χ4v) is 2.74. The molecular weight excluding hydrogens is 337 g/mol. The Morgan fingerprint density at radius 1 is 1.16 bits per heavy atom. The minimum Gasteiger partial charge on any atom is -0.494 e. The van der Waals surface area contributed by atoms with Crippen LogP contribution in [0.3, 0.4) is 0 Å². The van der Waals surface area contributed by atoms with E-state index in [9.17, 15) is 18.0 Å². The maximum Gasteiger partial charge on any atom is 0.405 e. The molecule has 1 aromatic rings. The predicted molar refractivity (Wildman–Crippen MR) is 86.8 cm³/mol. The van der Waals surface area contributed by atoms with Crippen LogP contribution in [0.5, 0.6) is 11.5 Å². The third-order valence-corrected chi connectivity index (χ3v) is 4.29. The lowest BCUT2D eigenvalue weighted by molar-refractivity contribution is -0.201. The average Bonchev–Trinajstić information content (AvgIpc) is 2.55. The summed E-state index contributed by atoms with van der Waals surface area (Å²) in [5.41, 5.74) is 0. The van der Waals surface area contributed by atoms with Crippen LogP contribution >= 0.6 is 0 Å². The van der Waals surface area contributed by atoms with Gasteiger partial charge in [-0.1, -0.05) is 0 Å². The number of piperazine rings is 1. The summed E-state index contributed by atoms with van der Waals surface area (Å²) in [4.78, 5) is 14.7. The molecule has 0 radical (unpaired) electrons. The number of carbonyl (C=O) groups is 1. The lowest BCUT2D eigenvalue weighted by Crippen LogP contribution is -2.62. The van der Waals surface area contributed by atoms with Crippen LogP contribution in [0.2, 0.25) is 0 Å². The Labute approximate surface area is 145 Å². The SMILES string of the molecule is CCOc1ccc(OCC(=O)N2CC(C)N(C)C(C(F)(F)F)C2)cc1. The zero-order valence-corrected chi connectivity index (χ0v) is 14.5. The van der Waals surface area contributed by atoms with Gasteiger partial charge in [0.2, 0.25) is 0 Å². The highest BCUT2D eigenvalue weighted by atomic mass is 19.4. The first-order chi connectivity index (χ1) is 11.7. The predicted octanol–water partition coefficient (Wildman–Crippen LogP) is 2.56. The van der Waals surface area contributed by atoms with E-state index in [0.29, 0.717) is 18.1 Å². The van der Waals surface area contributed by atoms with Crippen molar-refractivity contribution >= 4 is 5.91 Å². The van der Waals surface area contributed by atoms with Gasteiger partial charge in [0.15, 0.2) is 6.61 Å². The minimum absolute atomic E-state index is 0.245. The number of ether oxygens (including phenoxy) is 2. The number of benzene rings is 1. The third kappa shape index (κ3) is 5.01. The molecule has 1 aliphatic rings.